The molecule has 0 aliphatic carbocycles. The van der Waals surface area contributed by atoms with E-state index < -0.39 is 0 Å². The van der Waals surface area contributed by atoms with Gasteiger partial charge in [-0.05, 0) is 23.0 Å². The first-order valence-corrected chi connectivity index (χ1v) is 12.7. The Morgan fingerprint density at radius 2 is 1.38 bits per heavy atom. The van der Waals surface area contributed by atoms with Crippen molar-refractivity contribution in [2.45, 2.75) is 44.7 Å². The van der Waals surface area contributed by atoms with Crippen molar-refractivity contribution in [3.63, 3.8) is 0 Å². The predicted octanol–water partition coefficient (Wildman–Crippen LogP) is 7.72. The standard InChI is InChI=1S/C29H31N3OS/c1-19(2)23-16-11-17-24(20(3)4)28(23)30-25(33)18-34-29-31-26(21-12-7-5-8-13-21)27(32-29)22-14-9-6-10-15-22/h5-17,19-20H,18H2,1-4H3,(H,30,33)(H,31,32). The van der Waals surface area contributed by atoms with E-state index in [1.54, 1.807) is 0 Å². The van der Waals surface area contributed by atoms with Crippen LogP contribution in [0, 0.1) is 0 Å². The number of nitrogens with zero attached hydrogens (tertiary/aromatic N) is 1. The quantitative estimate of drug-likeness (QED) is 0.260. The number of hydrogen-bond donors (Lipinski definition) is 2. The Kier molecular flexibility index (Phi) is 7.53. The van der Waals surface area contributed by atoms with Gasteiger partial charge < -0.3 is 10.3 Å². The number of aromatic amines is 1. The zero-order valence-corrected chi connectivity index (χ0v) is 20.9. The van der Waals surface area contributed by atoms with Crippen molar-refractivity contribution < 1.29 is 4.79 Å². The third-order valence-electron chi connectivity index (χ3n) is 5.77. The Balaban J connectivity index is 1.56. The number of carbonyl (C=O) groups excluding carboxylic acids is 1. The normalized spacial score (nSPS) is 11.2. The van der Waals surface area contributed by atoms with Crippen molar-refractivity contribution in [1.82, 2.24) is 9.97 Å². The average molecular weight is 470 g/mol. The number of carbonyl (C=O) groups is 1. The maximum atomic E-state index is 13.0. The van der Waals surface area contributed by atoms with Gasteiger partial charge in [-0.2, -0.15) is 0 Å². The van der Waals surface area contributed by atoms with Crippen LogP contribution in [-0.2, 0) is 4.79 Å². The van der Waals surface area contributed by atoms with Crippen molar-refractivity contribution in [2.24, 2.45) is 0 Å². The maximum absolute atomic E-state index is 13.0. The van der Waals surface area contributed by atoms with Crippen molar-refractivity contribution >= 4 is 23.4 Å². The Labute approximate surface area is 206 Å². The number of H-pyrrole nitrogens is 1. The lowest BCUT2D eigenvalue weighted by Crippen LogP contribution is -2.17. The van der Waals surface area contributed by atoms with Crippen LogP contribution in [0.4, 0.5) is 5.69 Å². The van der Waals surface area contributed by atoms with E-state index in [0.29, 0.717) is 11.8 Å². The Morgan fingerprint density at radius 3 is 1.94 bits per heavy atom. The molecule has 4 nitrogen and oxygen atoms in total. The van der Waals surface area contributed by atoms with Crippen LogP contribution in [0.2, 0.25) is 0 Å². The predicted molar refractivity (Wildman–Crippen MR) is 143 cm³/mol. The summed E-state index contributed by atoms with van der Waals surface area (Å²) in [4.78, 5) is 21.3. The number of nitrogens with one attached hydrogen (secondary N) is 2. The number of benzene rings is 3. The van der Waals surface area contributed by atoms with Gasteiger partial charge in [0.05, 0.1) is 17.1 Å². The van der Waals surface area contributed by atoms with E-state index in [1.165, 1.54) is 22.9 Å². The van der Waals surface area contributed by atoms with Gasteiger partial charge in [0.15, 0.2) is 5.16 Å². The molecule has 0 saturated heterocycles. The largest absolute Gasteiger partial charge is 0.332 e. The molecule has 1 heterocycles. The van der Waals surface area contributed by atoms with Gasteiger partial charge in [0, 0.05) is 16.8 Å². The number of rotatable bonds is 8. The van der Waals surface area contributed by atoms with Crippen LogP contribution in [0.5, 0.6) is 0 Å². The van der Waals surface area contributed by atoms with Gasteiger partial charge in [-0.15, -0.1) is 0 Å². The summed E-state index contributed by atoms with van der Waals surface area (Å²) in [6, 6.07) is 26.6. The molecule has 0 bridgehead atoms. The first-order chi connectivity index (χ1) is 16.4. The van der Waals surface area contributed by atoms with Crippen LogP contribution in [0.15, 0.2) is 84.0 Å². The first kappa shape index (κ1) is 23.8. The number of para-hydroxylation sites is 1. The van der Waals surface area contributed by atoms with E-state index in [2.05, 4.69) is 80.5 Å². The van der Waals surface area contributed by atoms with E-state index in [1.807, 2.05) is 36.4 Å². The zero-order chi connectivity index (χ0) is 24.1. The molecule has 1 aromatic heterocycles. The molecule has 0 unspecified atom stereocenters. The molecule has 0 aliphatic rings. The van der Waals surface area contributed by atoms with Gasteiger partial charge in [-0.3, -0.25) is 4.79 Å². The highest BCUT2D eigenvalue weighted by atomic mass is 32.2. The highest BCUT2D eigenvalue weighted by Gasteiger charge is 2.18. The number of imidazole rings is 1. The van der Waals surface area contributed by atoms with E-state index in [-0.39, 0.29) is 11.7 Å². The van der Waals surface area contributed by atoms with E-state index in [4.69, 9.17) is 4.98 Å². The van der Waals surface area contributed by atoms with Crippen LogP contribution in [0.1, 0.15) is 50.7 Å². The monoisotopic (exact) mass is 469 g/mol. The molecule has 2 N–H and O–H groups in total. The fraction of sp³-hybridized carbons (Fsp3) is 0.241. The molecule has 5 heteroatoms. The van der Waals surface area contributed by atoms with E-state index in [0.717, 1.165) is 33.4 Å². The van der Waals surface area contributed by atoms with Gasteiger partial charge in [0.25, 0.3) is 0 Å². The molecule has 0 fully saturated rings. The molecule has 0 atom stereocenters. The minimum absolute atomic E-state index is 0.0288. The van der Waals surface area contributed by atoms with Crippen LogP contribution in [-0.4, -0.2) is 21.6 Å². The fourth-order valence-electron chi connectivity index (χ4n) is 4.04. The molecule has 4 aromatic rings. The maximum Gasteiger partial charge on any atom is 0.234 e. The smallest absolute Gasteiger partial charge is 0.234 e. The molecule has 1 amide bonds. The van der Waals surface area contributed by atoms with Crippen molar-refractivity contribution in [3.05, 3.63) is 90.0 Å². The minimum atomic E-state index is -0.0288. The van der Waals surface area contributed by atoms with Crippen LogP contribution < -0.4 is 5.32 Å². The molecule has 174 valence electrons. The summed E-state index contributed by atoms with van der Waals surface area (Å²) in [5, 5.41) is 3.93. The highest BCUT2D eigenvalue weighted by molar-refractivity contribution is 7.99. The number of aromatic nitrogens is 2. The first-order valence-electron chi connectivity index (χ1n) is 11.7. The SMILES string of the molecule is CC(C)c1cccc(C(C)C)c1NC(=O)CSc1nc(-c2ccccc2)c(-c2ccccc2)[nH]1. The van der Waals surface area contributed by atoms with Crippen LogP contribution >= 0.6 is 11.8 Å². The lowest BCUT2D eigenvalue weighted by Gasteiger charge is -2.20. The minimum Gasteiger partial charge on any atom is -0.332 e. The topological polar surface area (TPSA) is 57.8 Å². The fourth-order valence-corrected chi connectivity index (χ4v) is 4.71. The lowest BCUT2D eigenvalue weighted by molar-refractivity contribution is -0.113. The summed E-state index contributed by atoms with van der Waals surface area (Å²) in [5.41, 5.74) is 7.25. The van der Waals surface area contributed by atoms with Crippen molar-refractivity contribution in [3.8, 4) is 22.5 Å². The second kappa shape index (κ2) is 10.7. The van der Waals surface area contributed by atoms with E-state index >= 15 is 0 Å². The second-order valence-electron chi connectivity index (χ2n) is 8.96. The lowest BCUT2D eigenvalue weighted by atomic mass is 9.92. The number of thioether (sulfide) groups is 1. The van der Waals surface area contributed by atoms with Crippen molar-refractivity contribution in [1.29, 1.82) is 0 Å². The summed E-state index contributed by atoms with van der Waals surface area (Å²) in [5.74, 6) is 0.904. The van der Waals surface area contributed by atoms with Gasteiger partial charge >= 0.3 is 0 Å². The summed E-state index contributed by atoms with van der Waals surface area (Å²) in [6.45, 7) is 8.62. The summed E-state index contributed by atoms with van der Waals surface area (Å²) in [7, 11) is 0. The number of hydrogen-bond acceptors (Lipinski definition) is 3. The molecule has 3 aromatic carbocycles. The Bertz CT molecular complexity index is 1160. The Morgan fingerprint density at radius 1 is 0.824 bits per heavy atom. The van der Waals surface area contributed by atoms with Gasteiger partial charge in [-0.1, -0.05) is 118 Å². The highest BCUT2D eigenvalue weighted by Crippen LogP contribution is 2.34. The molecule has 0 aliphatic heterocycles. The van der Waals surface area contributed by atoms with Crippen LogP contribution in [0.25, 0.3) is 22.5 Å². The average Bonchev–Trinajstić information content (AvgIpc) is 3.28. The molecule has 4 rings (SSSR count). The molecular weight excluding hydrogens is 438 g/mol. The van der Waals surface area contributed by atoms with E-state index in [9.17, 15) is 4.79 Å². The van der Waals surface area contributed by atoms with Crippen LogP contribution in [0.3, 0.4) is 0 Å². The van der Waals surface area contributed by atoms with Crippen molar-refractivity contribution in [2.75, 3.05) is 11.1 Å². The third kappa shape index (κ3) is 5.42. The summed E-state index contributed by atoms with van der Waals surface area (Å²) < 4.78 is 0. The molecular formula is C29H31N3OS. The van der Waals surface area contributed by atoms with Gasteiger partial charge in [0.1, 0.15) is 0 Å². The second-order valence-corrected chi connectivity index (χ2v) is 9.92. The Hall–Kier alpha value is -3.31. The molecule has 0 spiro atoms. The van der Waals surface area contributed by atoms with Gasteiger partial charge in [0.2, 0.25) is 5.91 Å². The third-order valence-corrected chi connectivity index (χ3v) is 6.64. The number of anilines is 1. The zero-order valence-electron chi connectivity index (χ0n) is 20.1. The number of amides is 1. The summed E-state index contributed by atoms with van der Waals surface area (Å²) in [6.07, 6.45) is 0. The molecule has 0 saturated carbocycles. The molecule has 34 heavy (non-hydrogen) atoms. The summed E-state index contributed by atoms with van der Waals surface area (Å²) >= 11 is 1.42. The molecule has 0 radical (unpaired) electrons. The van der Waals surface area contributed by atoms with Gasteiger partial charge in [-0.25, -0.2) is 4.98 Å².